The number of amides is 4. The molecule has 4 amide bonds. The van der Waals surface area contributed by atoms with Crippen molar-refractivity contribution in [2.75, 3.05) is 9.80 Å². The van der Waals surface area contributed by atoms with Gasteiger partial charge in [-0.05, 0) is 171 Å². The van der Waals surface area contributed by atoms with Gasteiger partial charge in [0.1, 0.15) is 34.6 Å². The Morgan fingerprint density at radius 1 is 0.625 bits per heavy atom. The Bertz CT molecular complexity index is 3920. The predicted octanol–water partition coefficient (Wildman–Crippen LogP) is 19.6. The van der Waals surface area contributed by atoms with Gasteiger partial charge in [0.05, 0.1) is 24.6 Å². The number of rotatable bonds is 21. The Morgan fingerprint density at radius 2 is 1.12 bits per heavy atom. The van der Waals surface area contributed by atoms with E-state index in [1.54, 1.807) is 176 Å². The summed E-state index contributed by atoms with van der Waals surface area (Å²) in [5, 5.41) is 15.7. The van der Waals surface area contributed by atoms with Crippen molar-refractivity contribution in [1.29, 1.82) is 0 Å². The lowest BCUT2D eigenvalue weighted by Gasteiger charge is -2.32. The molecule has 0 saturated heterocycles. The number of aryl methyl sites for hydroxylation is 2. The molecule has 2 unspecified atom stereocenters. The fourth-order valence-corrected chi connectivity index (χ4v) is 10.8. The maximum atomic E-state index is 15.3. The smallest absolute Gasteiger partial charge is 0.426 e. The lowest BCUT2D eigenvalue weighted by atomic mass is 9.95. The minimum Gasteiger partial charge on any atom is -0.474 e. The standard InChI is InChI=1S/C39H49F3N4O7.C37H45F3N4O7/c1-10-12-21-38(39(40,41)42,49-24-27-17-14-13-15-18-27)33-45-44-32(51-33)30-29(46(34(47)52-36(4,5)6)35(48)53-37(7,8)9)22-25(3)31(43-30)50-28(16-11-2)23-26-19-20-26;1-23-20-27(44(32(45)50-34(2,3)4)33(46)51-35(5,6)7)28-30-42-43-31(49-30)36(37(38,39)40,47-22-25-14-10-8-11-15-25)19-13-9-12-16-26(21-24-17-18-24)48-29(23)41-28/h10-11,13-15,17-18,22,26,28H,1-2,12,16,19-21,23-24H2,3-9H3;8-12,14-15,20,24,26H,13,16-19,21-22H2,1-7H3/t28?,38-;26?,36-/m11/s1. The average molecular weight is 1460 g/mol. The number of hydrogen-bond donors (Lipinski definition) is 0. The van der Waals surface area contributed by atoms with Gasteiger partial charge in [0.2, 0.25) is 23.0 Å². The highest BCUT2D eigenvalue weighted by molar-refractivity contribution is 6.12. The molecule has 4 atom stereocenters. The summed E-state index contributed by atoms with van der Waals surface area (Å²) in [4.78, 5) is 65.5. The molecule has 22 nitrogen and oxygen atoms in total. The molecule has 4 aromatic heterocycles. The van der Waals surface area contributed by atoms with Crippen LogP contribution in [-0.4, -0.2) is 102 Å². The zero-order chi connectivity index (χ0) is 76.4. The van der Waals surface area contributed by atoms with E-state index in [1.165, 1.54) is 18.2 Å². The number of imide groups is 2. The van der Waals surface area contributed by atoms with Gasteiger partial charge in [-0.15, -0.1) is 33.6 Å². The number of hydrogen-bond acceptors (Lipinski definition) is 20. The largest absolute Gasteiger partial charge is 0.474 e. The molecule has 3 aliphatic rings. The summed E-state index contributed by atoms with van der Waals surface area (Å²) in [6.07, 6.45) is -3.44. The molecule has 4 bridgehead atoms. The minimum absolute atomic E-state index is 0.0267. The van der Waals surface area contributed by atoms with Crippen molar-refractivity contribution in [1.82, 2.24) is 30.4 Å². The van der Waals surface area contributed by atoms with Crippen LogP contribution in [0.4, 0.5) is 56.9 Å². The van der Waals surface area contributed by atoms with Crippen LogP contribution in [0.1, 0.15) is 194 Å². The first-order valence-corrected chi connectivity index (χ1v) is 34.6. The lowest BCUT2D eigenvalue weighted by molar-refractivity contribution is -0.299. The SMILES string of the molecule is C=CCC[C@@](OCc1ccccc1)(c1nnc(-c2nc(OC(CC=C)CC3CC3)c(C)cc2N(C(=O)OC(C)(C)C)C(=O)OC(C)(C)C)o1)C(F)(F)F.Cc1cc(N(C(=O)OC(C)(C)C)C(=O)OC(C)(C)C)c2nc1OC(CC1CC1)CC=CCC[C@](OCc1ccccc1)(C(F)(F)F)c1nnc-2o1. The van der Waals surface area contributed by atoms with Gasteiger partial charge in [-0.1, -0.05) is 111 Å². The van der Waals surface area contributed by atoms with Crippen LogP contribution < -0.4 is 19.3 Å². The first-order chi connectivity index (χ1) is 48.6. The Hall–Kier alpha value is -9.18. The van der Waals surface area contributed by atoms with Crippen LogP contribution in [0.25, 0.3) is 23.2 Å². The summed E-state index contributed by atoms with van der Waals surface area (Å²) in [5.74, 6) is -1.69. The molecule has 9 rings (SSSR count). The van der Waals surface area contributed by atoms with E-state index in [4.69, 9.17) is 46.7 Å². The van der Waals surface area contributed by atoms with Crippen molar-refractivity contribution < 1.29 is 92.2 Å². The molecule has 2 aliphatic carbocycles. The van der Waals surface area contributed by atoms with Crippen molar-refractivity contribution in [2.45, 2.75) is 245 Å². The van der Waals surface area contributed by atoms with E-state index >= 15 is 26.3 Å². The fraction of sp³-hybridized carbons (Fsp3) is 0.526. The maximum absolute atomic E-state index is 15.3. The second-order valence-corrected chi connectivity index (χ2v) is 30.0. The minimum atomic E-state index is -5.04. The summed E-state index contributed by atoms with van der Waals surface area (Å²) >= 11 is 0. The Morgan fingerprint density at radius 3 is 1.62 bits per heavy atom. The zero-order valence-electron chi connectivity index (χ0n) is 61.4. The molecule has 1 aliphatic heterocycles. The number of halogens is 6. The Kier molecular flexibility index (Phi) is 25.4. The Labute approximate surface area is 602 Å². The molecule has 5 heterocycles. The molecule has 0 N–H and O–H groups in total. The van der Waals surface area contributed by atoms with Gasteiger partial charge >= 0.3 is 36.7 Å². The van der Waals surface area contributed by atoms with Crippen LogP contribution in [0, 0.1) is 25.7 Å². The quantitative estimate of drug-likeness (QED) is 0.0369. The first-order valence-electron chi connectivity index (χ1n) is 34.6. The molecule has 564 valence electrons. The van der Waals surface area contributed by atoms with E-state index in [0.29, 0.717) is 63.2 Å². The molecular weight excluding hydrogens is 1360 g/mol. The van der Waals surface area contributed by atoms with Crippen molar-refractivity contribution in [3.05, 3.63) is 144 Å². The number of carbonyl (C=O) groups is 4. The fourth-order valence-electron chi connectivity index (χ4n) is 10.8. The summed E-state index contributed by atoms with van der Waals surface area (Å²) in [6, 6.07) is 19.6. The van der Waals surface area contributed by atoms with Gasteiger partial charge in [0, 0.05) is 24.0 Å². The third-order valence-electron chi connectivity index (χ3n) is 16.1. The van der Waals surface area contributed by atoms with E-state index in [1.807, 2.05) is 0 Å². The number of ether oxygens (including phenoxy) is 8. The highest BCUT2D eigenvalue weighted by atomic mass is 19.4. The van der Waals surface area contributed by atoms with E-state index in [-0.39, 0.29) is 59.6 Å². The molecule has 28 heteroatoms. The van der Waals surface area contributed by atoms with Crippen LogP contribution in [-0.2, 0) is 52.8 Å². The van der Waals surface area contributed by atoms with Gasteiger partial charge in [-0.25, -0.2) is 29.1 Å². The van der Waals surface area contributed by atoms with Gasteiger partial charge in [-0.3, -0.25) is 0 Å². The molecule has 104 heavy (non-hydrogen) atoms. The topological polar surface area (TPSA) is 252 Å². The predicted molar refractivity (Wildman–Crippen MR) is 373 cm³/mol. The third-order valence-corrected chi connectivity index (χ3v) is 16.1. The van der Waals surface area contributed by atoms with E-state index < -0.39 is 120 Å². The zero-order valence-corrected chi connectivity index (χ0v) is 61.4. The van der Waals surface area contributed by atoms with Gasteiger partial charge in [0.15, 0.2) is 11.4 Å². The molecule has 2 saturated carbocycles. The van der Waals surface area contributed by atoms with E-state index in [9.17, 15) is 19.2 Å². The first kappa shape index (κ1) is 80.5. The summed E-state index contributed by atoms with van der Waals surface area (Å²) < 4.78 is 150. The third kappa shape index (κ3) is 21.7. The van der Waals surface area contributed by atoms with Crippen LogP contribution in [0.5, 0.6) is 11.8 Å². The van der Waals surface area contributed by atoms with Crippen LogP contribution in [0.3, 0.4) is 0 Å². The van der Waals surface area contributed by atoms with E-state index in [0.717, 1.165) is 32.1 Å². The molecule has 2 fully saturated rings. The summed E-state index contributed by atoms with van der Waals surface area (Å²) in [7, 11) is 0. The van der Waals surface area contributed by atoms with Crippen LogP contribution >= 0.6 is 0 Å². The number of allylic oxidation sites excluding steroid dienone is 2. The number of aromatic nitrogens is 6. The summed E-state index contributed by atoms with van der Waals surface area (Å²) in [6.45, 7) is 29.3. The van der Waals surface area contributed by atoms with E-state index in [2.05, 4.69) is 43.5 Å². The second kappa shape index (κ2) is 32.9. The monoisotopic (exact) mass is 1460 g/mol. The normalized spacial score (nSPS) is 17.5. The highest BCUT2D eigenvalue weighted by Crippen LogP contribution is 2.50. The molecule has 0 spiro atoms. The number of pyridine rings is 2. The van der Waals surface area contributed by atoms with Crippen molar-refractivity contribution >= 4 is 35.7 Å². The Balaban J connectivity index is 0.000000263. The van der Waals surface area contributed by atoms with Crippen LogP contribution in [0.2, 0.25) is 0 Å². The highest BCUT2D eigenvalue weighted by Gasteiger charge is 2.62. The number of alkyl halides is 6. The van der Waals surface area contributed by atoms with Gasteiger partial charge in [0.25, 0.3) is 23.6 Å². The van der Waals surface area contributed by atoms with Crippen molar-refractivity contribution in [2.24, 2.45) is 11.8 Å². The second-order valence-electron chi connectivity index (χ2n) is 30.0. The van der Waals surface area contributed by atoms with Gasteiger partial charge < -0.3 is 46.7 Å². The number of nitrogens with zero attached hydrogens (tertiary/aromatic N) is 8. The van der Waals surface area contributed by atoms with Crippen LogP contribution in [0.15, 0.2) is 119 Å². The van der Waals surface area contributed by atoms with Crippen molar-refractivity contribution in [3.63, 3.8) is 0 Å². The molecule has 0 radical (unpaired) electrons. The number of benzene rings is 2. The lowest BCUT2D eigenvalue weighted by Crippen LogP contribution is -2.45. The molecular formula is C76H94F6N8O14. The maximum Gasteiger partial charge on any atom is 0.426 e. The number of carbonyl (C=O) groups excluding carboxylic acids is 4. The number of fused-ring (bicyclic) bond motifs is 5. The van der Waals surface area contributed by atoms with Crippen molar-refractivity contribution in [3.8, 4) is 34.9 Å². The molecule has 2 aromatic carbocycles. The number of anilines is 2. The summed E-state index contributed by atoms with van der Waals surface area (Å²) in [5.41, 5.74) is -9.55. The van der Waals surface area contributed by atoms with Gasteiger partial charge in [-0.2, -0.15) is 36.1 Å². The average Bonchev–Trinajstić information content (AvgIpc) is 1.55. The molecule has 6 aromatic rings.